The van der Waals surface area contributed by atoms with E-state index in [9.17, 15) is 9.59 Å². The number of nitrogens with one attached hydrogen (secondary N) is 1. The molecule has 4 nitrogen and oxygen atoms in total. The van der Waals surface area contributed by atoms with Gasteiger partial charge in [-0.05, 0) is 49.2 Å². The molecule has 0 unspecified atom stereocenters. The van der Waals surface area contributed by atoms with E-state index in [-0.39, 0.29) is 11.8 Å². The van der Waals surface area contributed by atoms with Gasteiger partial charge in [0.1, 0.15) is 6.04 Å². The SMILES string of the molecule is O=C(Nc1ccc(Cl)cc1)[C@H]1CCCN1C(=O)c1ccccc1Cl. The van der Waals surface area contributed by atoms with E-state index in [1.165, 1.54) is 0 Å². The zero-order chi connectivity index (χ0) is 17.1. The Hall–Kier alpha value is -2.04. The van der Waals surface area contributed by atoms with Gasteiger partial charge in [0.15, 0.2) is 0 Å². The summed E-state index contributed by atoms with van der Waals surface area (Å²) in [6, 6.07) is 13.3. The van der Waals surface area contributed by atoms with Crippen molar-refractivity contribution in [2.24, 2.45) is 0 Å². The first kappa shape index (κ1) is 16.8. The van der Waals surface area contributed by atoms with Crippen LogP contribution < -0.4 is 5.32 Å². The number of benzene rings is 2. The molecule has 0 aliphatic carbocycles. The summed E-state index contributed by atoms with van der Waals surface area (Å²) in [7, 11) is 0. The number of likely N-dealkylation sites (tertiary alicyclic amines) is 1. The lowest BCUT2D eigenvalue weighted by Gasteiger charge is -2.24. The van der Waals surface area contributed by atoms with E-state index in [0.29, 0.717) is 34.3 Å². The number of rotatable bonds is 3. The minimum Gasteiger partial charge on any atom is -0.327 e. The average molecular weight is 363 g/mol. The summed E-state index contributed by atoms with van der Waals surface area (Å²) in [6.45, 7) is 0.544. The van der Waals surface area contributed by atoms with Crippen molar-refractivity contribution in [2.75, 3.05) is 11.9 Å². The first-order chi connectivity index (χ1) is 11.6. The van der Waals surface area contributed by atoms with Crippen LogP contribution in [-0.2, 0) is 4.79 Å². The van der Waals surface area contributed by atoms with Crippen LogP contribution in [0.2, 0.25) is 10.0 Å². The Kier molecular flexibility index (Phi) is 5.07. The summed E-state index contributed by atoms with van der Waals surface area (Å²) >= 11 is 12.0. The minimum atomic E-state index is -0.496. The summed E-state index contributed by atoms with van der Waals surface area (Å²) in [5.74, 6) is -0.412. The molecule has 0 aromatic heterocycles. The van der Waals surface area contributed by atoms with Gasteiger partial charge in [0.05, 0.1) is 10.6 Å². The van der Waals surface area contributed by atoms with E-state index in [0.717, 1.165) is 6.42 Å². The Balaban J connectivity index is 1.75. The molecule has 0 saturated carbocycles. The second-order valence-electron chi connectivity index (χ2n) is 5.63. The number of amides is 2. The predicted octanol–water partition coefficient (Wildman–Crippen LogP) is 4.24. The second kappa shape index (κ2) is 7.24. The summed E-state index contributed by atoms with van der Waals surface area (Å²) in [5.41, 5.74) is 1.08. The van der Waals surface area contributed by atoms with Crippen molar-refractivity contribution >= 4 is 40.7 Å². The summed E-state index contributed by atoms with van der Waals surface area (Å²) in [4.78, 5) is 26.9. The van der Waals surface area contributed by atoms with Crippen molar-refractivity contribution in [3.8, 4) is 0 Å². The fourth-order valence-electron chi connectivity index (χ4n) is 2.83. The van der Waals surface area contributed by atoms with Crippen LogP contribution in [0.3, 0.4) is 0 Å². The van der Waals surface area contributed by atoms with E-state index in [1.807, 2.05) is 0 Å². The molecule has 2 aromatic rings. The molecule has 1 heterocycles. The maximum atomic E-state index is 12.7. The van der Waals surface area contributed by atoms with Crippen molar-refractivity contribution in [2.45, 2.75) is 18.9 Å². The van der Waals surface area contributed by atoms with Crippen molar-refractivity contribution < 1.29 is 9.59 Å². The highest BCUT2D eigenvalue weighted by atomic mass is 35.5. The molecule has 1 N–H and O–H groups in total. The van der Waals surface area contributed by atoms with Crippen LogP contribution >= 0.6 is 23.2 Å². The molecule has 124 valence electrons. The molecule has 6 heteroatoms. The molecule has 2 aromatic carbocycles. The quantitative estimate of drug-likeness (QED) is 0.887. The largest absolute Gasteiger partial charge is 0.327 e. The van der Waals surface area contributed by atoms with E-state index >= 15 is 0 Å². The van der Waals surface area contributed by atoms with Crippen molar-refractivity contribution in [1.29, 1.82) is 0 Å². The van der Waals surface area contributed by atoms with Gasteiger partial charge in [-0.25, -0.2) is 0 Å². The lowest BCUT2D eigenvalue weighted by Crippen LogP contribution is -2.43. The molecule has 2 amide bonds. The number of carbonyl (C=O) groups excluding carboxylic acids is 2. The summed E-state index contributed by atoms with van der Waals surface area (Å²) in [6.07, 6.45) is 1.42. The third kappa shape index (κ3) is 3.55. The zero-order valence-electron chi connectivity index (χ0n) is 12.8. The molecule has 3 rings (SSSR count). The minimum absolute atomic E-state index is 0.199. The van der Waals surface area contributed by atoms with Crippen LogP contribution in [0, 0.1) is 0 Å². The molecule has 1 aliphatic rings. The standard InChI is InChI=1S/C18H16Cl2N2O2/c19-12-7-9-13(10-8-12)21-17(23)16-6-3-11-22(16)18(24)14-4-1-2-5-15(14)20/h1-2,4-5,7-10,16H,3,6,11H2,(H,21,23)/t16-/m1/s1. The molecule has 0 radical (unpaired) electrons. The van der Waals surface area contributed by atoms with Crippen molar-refractivity contribution in [3.63, 3.8) is 0 Å². The van der Waals surface area contributed by atoms with Gasteiger partial charge < -0.3 is 10.2 Å². The van der Waals surface area contributed by atoms with Crippen LogP contribution in [0.25, 0.3) is 0 Å². The highest BCUT2D eigenvalue weighted by Crippen LogP contribution is 2.25. The maximum Gasteiger partial charge on any atom is 0.256 e. The summed E-state index contributed by atoms with van der Waals surface area (Å²) < 4.78 is 0. The predicted molar refractivity (Wildman–Crippen MR) is 95.6 cm³/mol. The van der Waals surface area contributed by atoms with Crippen LogP contribution in [0.5, 0.6) is 0 Å². The number of halogens is 2. The van der Waals surface area contributed by atoms with E-state index in [4.69, 9.17) is 23.2 Å². The maximum absolute atomic E-state index is 12.7. The number of carbonyl (C=O) groups is 2. The third-order valence-corrected chi connectivity index (χ3v) is 4.61. The third-order valence-electron chi connectivity index (χ3n) is 4.03. The van der Waals surface area contributed by atoms with Crippen LogP contribution in [-0.4, -0.2) is 29.3 Å². The molecular formula is C18H16Cl2N2O2. The number of anilines is 1. The molecular weight excluding hydrogens is 347 g/mol. The van der Waals surface area contributed by atoms with Gasteiger partial charge in [0.25, 0.3) is 5.91 Å². The first-order valence-corrected chi connectivity index (χ1v) is 8.44. The van der Waals surface area contributed by atoms with E-state index in [2.05, 4.69) is 5.32 Å². The number of hydrogen-bond acceptors (Lipinski definition) is 2. The Morgan fingerprint density at radius 1 is 1.04 bits per heavy atom. The topological polar surface area (TPSA) is 49.4 Å². The lowest BCUT2D eigenvalue weighted by molar-refractivity contribution is -0.119. The van der Waals surface area contributed by atoms with Crippen LogP contribution in [0.1, 0.15) is 23.2 Å². The highest BCUT2D eigenvalue weighted by Gasteiger charge is 2.35. The molecule has 0 bridgehead atoms. The summed E-state index contributed by atoms with van der Waals surface area (Å²) in [5, 5.41) is 3.83. The van der Waals surface area contributed by atoms with Gasteiger partial charge >= 0.3 is 0 Å². The van der Waals surface area contributed by atoms with Gasteiger partial charge in [-0.3, -0.25) is 9.59 Å². The van der Waals surface area contributed by atoms with E-state index in [1.54, 1.807) is 53.4 Å². The van der Waals surface area contributed by atoms with Gasteiger partial charge in [-0.1, -0.05) is 35.3 Å². The Labute approximate surface area is 150 Å². The monoisotopic (exact) mass is 362 g/mol. The van der Waals surface area contributed by atoms with Gasteiger partial charge in [0.2, 0.25) is 5.91 Å². The fourth-order valence-corrected chi connectivity index (χ4v) is 3.17. The van der Waals surface area contributed by atoms with Crippen LogP contribution in [0.4, 0.5) is 5.69 Å². The van der Waals surface area contributed by atoms with Gasteiger partial charge in [-0.2, -0.15) is 0 Å². The normalized spacial score (nSPS) is 16.9. The van der Waals surface area contributed by atoms with Crippen LogP contribution in [0.15, 0.2) is 48.5 Å². The highest BCUT2D eigenvalue weighted by molar-refractivity contribution is 6.33. The lowest BCUT2D eigenvalue weighted by atomic mass is 10.1. The number of nitrogens with zero attached hydrogens (tertiary/aromatic N) is 1. The van der Waals surface area contributed by atoms with Gasteiger partial charge in [-0.15, -0.1) is 0 Å². The van der Waals surface area contributed by atoms with Crippen molar-refractivity contribution in [1.82, 2.24) is 4.90 Å². The average Bonchev–Trinajstić information content (AvgIpc) is 3.06. The first-order valence-electron chi connectivity index (χ1n) is 7.68. The molecule has 24 heavy (non-hydrogen) atoms. The second-order valence-corrected chi connectivity index (χ2v) is 6.48. The Bertz CT molecular complexity index is 762. The molecule has 1 aliphatic heterocycles. The number of hydrogen-bond donors (Lipinski definition) is 1. The molecule has 1 fully saturated rings. The van der Waals surface area contributed by atoms with Gasteiger partial charge in [0, 0.05) is 17.3 Å². The van der Waals surface area contributed by atoms with E-state index < -0.39 is 6.04 Å². The zero-order valence-corrected chi connectivity index (χ0v) is 14.3. The molecule has 1 saturated heterocycles. The Morgan fingerprint density at radius 2 is 1.75 bits per heavy atom. The molecule has 1 atom stereocenters. The fraction of sp³-hybridized carbons (Fsp3) is 0.222. The smallest absolute Gasteiger partial charge is 0.256 e. The van der Waals surface area contributed by atoms with Crippen molar-refractivity contribution in [3.05, 3.63) is 64.1 Å². The molecule has 0 spiro atoms. The Morgan fingerprint density at radius 3 is 2.46 bits per heavy atom.